The molecular formula is C23H22Cl2F2N2O3. The van der Waals surface area contributed by atoms with E-state index in [1.165, 1.54) is 30.3 Å². The molecule has 1 saturated heterocycles. The normalized spacial score (nSPS) is 27.0. The van der Waals surface area contributed by atoms with E-state index in [-0.39, 0.29) is 32.3 Å². The molecule has 4 rings (SSSR count). The van der Waals surface area contributed by atoms with Crippen molar-refractivity contribution in [3.8, 4) is 0 Å². The molecule has 170 valence electrons. The van der Waals surface area contributed by atoms with Gasteiger partial charge in [-0.1, -0.05) is 62.2 Å². The van der Waals surface area contributed by atoms with Gasteiger partial charge in [0.25, 0.3) is 0 Å². The maximum Gasteiger partial charge on any atom is 0.321 e. The first kappa shape index (κ1) is 23.0. The van der Waals surface area contributed by atoms with Crippen molar-refractivity contribution in [2.75, 3.05) is 5.32 Å². The van der Waals surface area contributed by atoms with Gasteiger partial charge in [0.15, 0.2) is 5.82 Å². The molecular weight excluding hydrogens is 461 g/mol. The van der Waals surface area contributed by atoms with Gasteiger partial charge in [0.1, 0.15) is 17.3 Å². The molecule has 0 aromatic heterocycles. The zero-order valence-electron chi connectivity index (χ0n) is 17.6. The number of carbonyl (C=O) groups excluding carboxylic acids is 1. The van der Waals surface area contributed by atoms with Gasteiger partial charge in [0, 0.05) is 12.0 Å². The summed E-state index contributed by atoms with van der Waals surface area (Å²) in [6, 6.07) is 5.06. The van der Waals surface area contributed by atoms with E-state index < -0.39 is 46.9 Å². The highest BCUT2D eigenvalue weighted by atomic mass is 35.5. The summed E-state index contributed by atoms with van der Waals surface area (Å²) >= 11 is 12.0. The van der Waals surface area contributed by atoms with Gasteiger partial charge in [0.2, 0.25) is 5.91 Å². The summed E-state index contributed by atoms with van der Waals surface area (Å²) in [6.07, 6.45) is 0.368. The standard InChI is InChI=1S/C23H22Cl2F2N2O3/c1-22(2,3)9-14-23(11-7-8-13(25)17(27)18(11)29-21(23)32)15(19(28-14)20(30)31)10-5-4-6-12(24)16(10)26/h4-8,14-15,19,28H,9H2,1-3H3,(H,29,32)(H,30,31)/t14-,15-,19+,23+/m0/s1. The Bertz CT molecular complexity index is 1130. The summed E-state index contributed by atoms with van der Waals surface area (Å²) in [5, 5.41) is 15.3. The second-order valence-corrected chi connectivity index (χ2v) is 10.3. The predicted octanol–water partition coefficient (Wildman–Crippen LogP) is 5.11. The third kappa shape index (κ3) is 3.29. The van der Waals surface area contributed by atoms with Crippen LogP contribution in [0.1, 0.15) is 44.2 Å². The van der Waals surface area contributed by atoms with E-state index in [9.17, 15) is 19.1 Å². The third-order valence-corrected chi connectivity index (χ3v) is 6.89. The molecule has 9 heteroatoms. The Morgan fingerprint density at radius 3 is 2.41 bits per heavy atom. The van der Waals surface area contributed by atoms with Crippen molar-refractivity contribution in [3.63, 3.8) is 0 Å². The second-order valence-electron chi connectivity index (χ2n) is 9.53. The summed E-state index contributed by atoms with van der Waals surface area (Å²) in [5.74, 6) is -4.66. The van der Waals surface area contributed by atoms with E-state index in [1.54, 1.807) is 0 Å². The summed E-state index contributed by atoms with van der Waals surface area (Å²) in [7, 11) is 0. The number of aliphatic carboxylic acids is 1. The number of carbonyl (C=O) groups is 2. The Labute approximate surface area is 194 Å². The highest BCUT2D eigenvalue weighted by Gasteiger charge is 2.66. The highest BCUT2D eigenvalue weighted by molar-refractivity contribution is 6.31. The lowest BCUT2D eigenvalue weighted by atomic mass is 9.62. The van der Waals surface area contributed by atoms with E-state index in [1.807, 2.05) is 20.8 Å². The molecule has 0 saturated carbocycles. The van der Waals surface area contributed by atoms with Crippen LogP contribution >= 0.6 is 23.2 Å². The SMILES string of the molecule is CC(C)(C)C[C@@H]1N[C@@H](C(=O)O)[C@H](c2cccc(Cl)c2F)[C@]12C(=O)Nc1c2ccc(Cl)c1F. The van der Waals surface area contributed by atoms with Gasteiger partial charge < -0.3 is 10.4 Å². The fraction of sp³-hybridized carbons (Fsp3) is 0.391. The zero-order chi connectivity index (χ0) is 23.6. The largest absolute Gasteiger partial charge is 0.480 e. The molecule has 5 nitrogen and oxygen atoms in total. The van der Waals surface area contributed by atoms with E-state index in [0.717, 1.165) is 0 Å². The number of amides is 1. The number of carboxylic acids is 1. The number of anilines is 1. The van der Waals surface area contributed by atoms with Gasteiger partial charge in [0.05, 0.1) is 15.7 Å². The molecule has 4 atom stereocenters. The van der Waals surface area contributed by atoms with Crippen LogP contribution in [0.25, 0.3) is 0 Å². The van der Waals surface area contributed by atoms with Crippen LogP contribution in [0.2, 0.25) is 10.0 Å². The number of carboxylic acid groups (broad SMARTS) is 1. The first-order valence-corrected chi connectivity index (χ1v) is 10.9. The molecule has 32 heavy (non-hydrogen) atoms. The minimum Gasteiger partial charge on any atom is -0.480 e. The minimum absolute atomic E-state index is 0.0211. The van der Waals surface area contributed by atoms with Crippen molar-refractivity contribution >= 4 is 40.8 Å². The summed E-state index contributed by atoms with van der Waals surface area (Å²) in [6.45, 7) is 5.84. The lowest BCUT2D eigenvalue weighted by molar-refractivity contribution is -0.139. The Kier molecular flexibility index (Phi) is 5.51. The molecule has 0 unspecified atom stereocenters. The van der Waals surface area contributed by atoms with E-state index in [2.05, 4.69) is 10.6 Å². The van der Waals surface area contributed by atoms with Gasteiger partial charge in [-0.3, -0.25) is 14.9 Å². The lowest BCUT2D eigenvalue weighted by Gasteiger charge is -2.37. The minimum atomic E-state index is -1.59. The molecule has 1 fully saturated rings. The van der Waals surface area contributed by atoms with Crippen LogP contribution in [-0.4, -0.2) is 29.1 Å². The van der Waals surface area contributed by atoms with Gasteiger partial charge in [-0.25, -0.2) is 8.78 Å². The Balaban J connectivity index is 2.07. The second kappa shape index (κ2) is 7.68. The molecule has 0 aliphatic carbocycles. The maximum atomic E-state index is 15.3. The van der Waals surface area contributed by atoms with Crippen molar-refractivity contribution in [2.24, 2.45) is 5.41 Å². The third-order valence-electron chi connectivity index (χ3n) is 6.31. The summed E-state index contributed by atoms with van der Waals surface area (Å²) in [4.78, 5) is 26.0. The Morgan fingerprint density at radius 1 is 1.12 bits per heavy atom. The van der Waals surface area contributed by atoms with Crippen LogP contribution in [-0.2, 0) is 15.0 Å². The van der Waals surface area contributed by atoms with Gasteiger partial charge in [-0.15, -0.1) is 0 Å². The van der Waals surface area contributed by atoms with Crippen molar-refractivity contribution in [2.45, 2.75) is 50.6 Å². The molecule has 1 amide bonds. The molecule has 3 N–H and O–H groups in total. The van der Waals surface area contributed by atoms with Crippen molar-refractivity contribution in [1.29, 1.82) is 0 Å². The van der Waals surface area contributed by atoms with E-state index in [0.29, 0.717) is 6.42 Å². The molecule has 0 bridgehead atoms. The number of hydrogen-bond donors (Lipinski definition) is 3. The van der Waals surface area contributed by atoms with E-state index >= 15 is 4.39 Å². The molecule has 2 aliphatic heterocycles. The summed E-state index contributed by atoms with van der Waals surface area (Å²) < 4.78 is 30.2. The average molecular weight is 483 g/mol. The van der Waals surface area contributed by atoms with Crippen molar-refractivity contribution in [1.82, 2.24) is 5.32 Å². The van der Waals surface area contributed by atoms with Gasteiger partial charge in [-0.2, -0.15) is 0 Å². The van der Waals surface area contributed by atoms with Crippen molar-refractivity contribution < 1.29 is 23.5 Å². The zero-order valence-corrected chi connectivity index (χ0v) is 19.1. The fourth-order valence-electron chi connectivity index (χ4n) is 5.17. The molecule has 2 aromatic carbocycles. The first-order chi connectivity index (χ1) is 14.9. The van der Waals surface area contributed by atoms with Gasteiger partial charge >= 0.3 is 5.97 Å². The number of nitrogens with one attached hydrogen (secondary N) is 2. The van der Waals surface area contributed by atoms with Crippen molar-refractivity contribution in [3.05, 3.63) is 63.1 Å². The lowest BCUT2D eigenvalue weighted by Crippen LogP contribution is -2.49. The van der Waals surface area contributed by atoms with Crippen LogP contribution in [0.3, 0.4) is 0 Å². The first-order valence-electron chi connectivity index (χ1n) is 10.1. The van der Waals surface area contributed by atoms with Gasteiger partial charge in [-0.05, 0) is 35.1 Å². The number of benzene rings is 2. The number of halogens is 4. The Morgan fingerprint density at radius 2 is 1.78 bits per heavy atom. The summed E-state index contributed by atoms with van der Waals surface area (Å²) in [5.41, 5.74) is -1.81. The number of fused-ring (bicyclic) bond motifs is 2. The maximum absolute atomic E-state index is 15.3. The Hall–Kier alpha value is -2.22. The molecule has 2 aliphatic rings. The topological polar surface area (TPSA) is 78.4 Å². The average Bonchev–Trinajstić information content (AvgIpc) is 3.17. The monoisotopic (exact) mass is 482 g/mol. The van der Waals surface area contributed by atoms with Crippen LogP contribution < -0.4 is 10.6 Å². The quantitative estimate of drug-likeness (QED) is 0.568. The molecule has 0 radical (unpaired) electrons. The molecule has 2 heterocycles. The smallest absolute Gasteiger partial charge is 0.321 e. The number of hydrogen-bond acceptors (Lipinski definition) is 3. The van der Waals surface area contributed by atoms with E-state index in [4.69, 9.17) is 23.2 Å². The van der Waals surface area contributed by atoms with Crippen LogP contribution in [0.4, 0.5) is 14.5 Å². The predicted molar refractivity (Wildman–Crippen MR) is 118 cm³/mol. The number of rotatable bonds is 3. The van der Waals surface area contributed by atoms with Crippen LogP contribution in [0.15, 0.2) is 30.3 Å². The fourth-order valence-corrected chi connectivity index (χ4v) is 5.51. The molecule has 1 spiro atoms. The molecule has 2 aromatic rings. The highest BCUT2D eigenvalue weighted by Crippen LogP contribution is 2.57. The van der Waals surface area contributed by atoms with Crippen LogP contribution in [0.5, 0.6) is 0 Å². The van der Waals surface area contributed by atoms with Crippen LogP contribution in [0, 0.1) is 17.0 Å².